The highest BCUT2D eigenvalue weighted by molar-refractivity contribution is 5.85. The molecule has 0 heterocycles. The Labute approximate surface area is 116 Å². The number of carbonyl (C=O) groups excluding carboxylic acids is 2. The van der Waals surface area contributed by atoms with E-state index in [2.05, 4.69) is 10.6 Å². The zero-order valence-corrected chi connectivity index (χ0v) is 12.5. The molecule has 1 unspecified atom stereocenters. The Morgan fingerprint density at radius 1 is 1.17 bits per heavy atom. The third-order valence-corrected chi connectivity index (χ3v) is 2.24. The maximum atomic E-state index is 11.5. The van der Waals surface area contributed by atoms with E-state index >= 15 is 0 Å². The lowest BCUT2D eigenvalue weighted by Crippen LogP contribution is -2.37. The summed E-state index contributed by atoms with van der Waals surface area (Å²) in [5.41, 5.74) is 5.15. The van der Waals surface area contributed by atoms with Gasteiger partial charge in [-0.25, -0.2) is 0 Å². The van der Waals surface area contributed by atoms with Crippen LogP contribution in [0.4, 0.5) is 0 Å². The molecule has 108 valence electrons. The van der Waals surface area contributed by atoms with Crippen LogP contribution in [0.1, 0.15) is 40.5 Å². The molecule has 6 heteroatoms. The molecule has 5 nitrogen and oxygen atoms in total. The molecule has 0 bridgehead atoms. The van der Waals surface area contributed by atoms with Crippen LogP contribution in [0.5, 0.6) is 0 Å². The highest BCUT2D eigenvalue weighted by Crippen LogP contribution is 2.11. The van der Waals surface area contributed by atoms with E-state index in [1.54, 1.807) is 0 Å². The van der Waals surface area contributed by atoms with E-state index in [1.807, 2.05) is 27.7 Å². The van der Waals surface area contributed by atoms with Gasteiger partial charge < -0.3 is 16.4 Å². The van der Waals surface area contributed by atoms with E-state index in [1.165, 1.54) is 0 Å². The first kappa shape index (κ1) is 19.5. The van der Waals surface area contributed by atoms with Gasteiger partial charge in [-0.2, -0.15) is 0 Å². The summed E-state index contributed by atoms with van der Waals surface area (Å²) in [4.78, 5) is 22.8. The molecule has 0 aromatic heterocycles. The lowest BCUT2D eigenvalue weighted by molar-refractivity contribution is -0.128. The fourth-order valence-electron chi connectivity index (χ4n) is 1.08. The van der Waals surface area contributed by atoms with Crippen molar-refractivity contribution < 1.29 is 9.59 Å². The lowest BCUT2D eigenvalue weighted by Gasteiger charge is -2.17. The fourth-order valence-corrected chi connectivity index (χ4v) is 1.08. The van der Waals surface area contributed by atoms with Crippen LogP contribution >= 0.6 is 12.4 Å². The largest absolute Gasteiger partial charge is 0.356 e. The lowest BCUT2D eigenvalue weighted by atomic mass is 9.96. The molecule has 4 N–H and O–H groups in total. The summed E-state index contributed by atoms with van der Waals surface area (Å²) in [5.74, 6) is -0.0965. The first-order chi connectivity index (χ1) is 7.73. The van der Waals surface area contributed by atoms with E-state index < -0.39 is 5.41 Å². The summed E-state index contributed by atoms with van der Waals surface area (Å²) in [5, 5.41) is 5.48. The van der Waals surface area contributed by atoms with Crippen LogP contribution in [0.15, 0.2) is 0 Å². The van der Waals surface area contributed by atoms with Gasteiger partial charge in [0.25, 0.3) is 0 Å². The van der Waals surface area contributed by atoms with Crippen molar-refractivity contribution in [2.75, 3.05) is 13.1 Å². The van der Waals surface area contributed by atoms with Crippen LogP contribution < -0.4 is 16.4 Å². The summed E-state index contributed by atoms with van der Waals surface area (Å²) >= 11 is 0. The van der Waals surface area contributed by atoms with Crippen molar-refractivity contribution >= 4 is 24.2 Å². The highest BCUT2D eigenvalue weighted by Gasteiger charge is 2.20. The zero-order chi connectivity index (χ0) is 13.5. The van der Waals surface area contributed by atoms with E-state index in [9.17, 15) is 9.59 Å². The average Bonchev–Trinajstić information content (AvgIpc) is 2.15. The van der Waals surface area contributed by atoms with Gasteiger partial charge in [-0.3, -0.25) is 9.59 Å². The second-order valence-corrected chi connectivity index (χ2v) is 5.37. The molecule has 0 aromatic rings. The smallest absolute Gasteiger partial charge is 0.225 e. The monoisotopic (exact) mass is 279 g/mol. The maximum absolute atomic E-state index is 11.5. The van der Waals surface area contributed by atoms with Gasteiger partial charge in [0.15, 0.2) is 0 Å². The van der Waals surface area contributed by atoms with Gasteiger partial charge in [-0.1, -0.05) is 20.8 Å². The molecule has 0 spiro atoms. The molecular formula is C12H26ClN3O2. The Kier molecular flexibility index (Phi) is 9.94. The van der Waals surface area contributed by atoms with Gasteiger partial charge in [0, 0.05) is 31.0 Å². The minimum absolute atomic E-state index is 0. The van der Waals surface area contributed by atoms with Gasteiger partial charge in [0.1, 0.15) is 0 Å². The minimum atomic E-state index is -0.411. The third kappa shape index (κ3) is 10.4. The van der Waals surface area contributed by atoms with E-state index in [0.29, 0.717) is 19.5 Å². The van der Waals surface area contributed by atoms with Crippen molar-refractivity contribution in [3.8, 4) is 0 Å². The first-order valence-electron chi connectivity index (χ1n) is 6.04. The fraction of sp³-hybridized carbons (Fsp3) is 0.833. The average molecular weight is 280 g/mol. The first-order valence-corrected chi connectivity index (χ1v) is 6.04. The quantitative estimate of drug-likeness (QED) is 0.673. The van der Waals surface area contributed by atoms with Crippen LogP contribution in [0.3, 0.4) is 0 Å². The van der Waals surface area contributed by atoms with Crippen molar-refractivity contribution in [2.24, 2.45) is 11.1 Å². The molecular weight excluding hydrogens is 254 g/mol. The zero-order valence-electron chi connectivity index (χ0n) is 11.7. The summed E-state index contributed by atoms with van der Waals surface area (Å²) in [7, 11) is 0. The van der Waals surface area contributed by atoms with Gasteiger partial charge in [-0.15, -0.1) is 12.4 Å². The van der Waals surface area contributed by atoms with Crippen molar-refractivity contribution in [3.05, 3.63) is 0 Å². The Balaban J connectivity index is 0. The van der Waals surface area contributed by atoms with Crippen molar-refractivity contribution in [1.29, 1.82) is 0 Å². The van der Waals surface area contributed by atoms with E-state index in [4.69, 9.17) is 5.73 Å². The molecule has 0 fully saturated rings. The van der Waals surface area contributed by atoms with Gasteiger partial charge in [-0.05, 0) is 13.3 Å². The Hall–Kier alpha value is -0.810. The molecule has 18 heavy (non-hydrogen) atoms. The second kappa shape index (κ2) is 9.16. The number of halogens is 1. The van der Waals surface area contributed by atoms with Crippen molar-refractivity contribution in [2.45, 2.75) is 46.6 Å². The number of nitrogens with two attached hydrogens (primary N) is 1. The second-order valence-electron chi connectivity index (χ2n) is 5.37. The number of hydrogen-bond donors (Lipinski definition) is 3. The molecule has 2 amide bonds. The Morgan fingerprint density at radius 2 is 1.72 bits per heavy atom. The molecule has 0 aliphatic heterocycles. The molecule has 0 saturated carbocycles. The highest BCUT2D eigenvalue weighted by atomic mass is 35.5. The number of nitrogens with one attached hydrogen (secondary N) is 2. The van der Waals surface area contributed by atoms with Crippen LogP contribution in [0.2, 0.25) is 0 Å². The van der Waals surface area contributed by atoms with Crippen LogP contribution in [0, 0.1) is 5.41 Å². The van der Waals surface area contributed by atoms with Gasteiger partial charge in [0.2, 0.25) is 11.8 Å². The topological polar surface area (TPSA) is 84.2 Å². The van der Waals surface area contributed by atoms with Crippen molar-refractivity contribution in [3.63, 3.8) is 0 Å². The number of amides is 2. The Bertz CT molecular complexity index is 263. The predicted octanol–water partition coefficient (Wildman–Crippen LogP) is 0.814. The molecule has 0 rings (SSSR count). The molecule has 0 saturated heterocycles. The maximum Gasteiger partial charge on any atom is 0.225 e. The van der Waals surface area contributed by atoms with E-state index in [0.717, 1.165) is 6.42 Å². The summed E-state index contributed by atoms with van der Waals surface area (Å²) in [6.07, 6.45) is 1.07. The molecule has 1 atom stereocenters. The third-order valence-electron chi connectivity index (χ3n) is 2.24. The van der Waals surface area contributed by atoms with Gasteiger partial charge in [0.05, 0.1) is 0 Å². The SMILES string of the molecule is CC(N)CCNC(=O)CCNC(=O)C(C)(C)C.Cl. The molecule has 0 radical (unpaired) electrons. The number of carbonyl (C=O) groups is 2. The van der Waals surface area contributed by atoms with E-state index in [-0.39, 0.29) is 30.3 Å². The minimum Gasteiger partial charge on any atom is -0.356 e. The van der Waals surface area contributed by atoms with Crippen LogP contribution in [-0.2, 0) is 9.59 Å². The molecule has 0 aliphatic rings. The van der Waals surface area contributed by atoms with Crippen LogP contribution in [-0.4, -0.2) is 30.9 Å². The summed E-state index contributed by atoms with van der Waals surface area (Å²) in [6.45, 7) is 8.38. The molecule has 0 aromatic carbocycles. The standard InChI is InChI=1S/C12H25N3O2.ClH/c1-9(13)5-7-14-10(16)6-8-15-11(17)12(2,3)4;/h9H,5-8,13H2,1-4H3,(H,14,16)(H,15,17);1H. The number of rotatable bonds is 6. The summed E-state index contributed by atoms with van der Waals surface area (Å²) in [6, 6.07) is 0.0934. The van der Waals surface area contributed by atoms with Crippen molar-refractivity contribution in [1.82, 2.24) is 10.6 Å². The normalized spacial score (nSPS) is 12.3. The van der Waals surface area contributed by atoms with Gasteiger partial charge >= 0.3 is 0 Å². The predicted molar refractivity (Wildman–Crippen MR) is 75.6 cm³/mol. The molecule has 0 aliphatic carbocycles. The summed E-state index contributed by atoms with van der Waals surface area (Å²) < 4.78 is 0. The Morgan fingerprint density at radius 3 is 2.17 bits per heavy atom. The van der Waals surface area contributed by atoms with Crippen LogP contribution in [0.25, 0.3) is 0 Å². The number of hydrogen-bond acceptors (Lipinski definition) is 3.